The van der Waals surface area contributed by atoms with Crippen molar-refractivity contribution in [3.8, 4) is 5.75 Å². The highest BCUT2D eigenvalue weighted by molar-refractivity contribution is 5.80. The molecule has 0 radical (unpaired) electrons. The molecular weight excluding hydrogens is 362 g/mol. The first-order valence-electron chi connectivity index (χ1n) is 11.2. The number of nitrogens with zero attached hydrogens (tertiary/aromatic N) is 4. The van der Waals surface area contributed by atoms with Gasteiger partial charge in [-0.15, -0.1) is 0 Å². The number of ether oxygens (including phenoxy) is 1. The molecule has 2 fully saturated rings. The topological polar surface area (TPSA) is 43.3 Å². The number of hydrogen-bond acceptors (Lipinski definition) is 4. The van der Waals surface area contributed by atoms with E-state index in [1.807, 2.05) is 0 Å². The maximum atomic E-state index is 5.29. The molecule has 162 valence electrons. The zero-order chi connectivity index (χ0) is 20.6. The molecule has 1 aromatic rings. The van der Waals surface area contributed by atoms with E-state index < -0.39 is 0 Å². The summed E-state index contributed by atoms with van der Waals surface area (Å²) >= 11 is 0. The molecule has 6 nitrogen and oxygen atoms in total. The third kappa shape index (κ3) is 6.34. The number of likely N-dealkylation sites (N-methyl/N-ethyl adjacent to an activating group) is 1. The fraction of sp³-hybridized carbons (Fsp3) is 0.696. The Morgan fingerprint density at radius 2 is 1.90 bits per heavy atom. The van der Waals surface area contributed by atoms with Gasteiger partial charge >= 0.3 is 0 Å². The van der Waals surface area contributed by atoms with Gasteiger partial charge in [-0.3, -0.25) is 4.99 Å². The summed E-state index contributed by atoms with van der Waals surface area (Å²) in [4.78, 5) is 12.4. The fourth-order valence-electron chi connectivity index (χ4n) is 4.30. The van der Waals surface area contributed by atoms with Gasteiger partial charge in [0.2, 0.25) is 0 Å². The molecule has 2 heterocycles. The molecule has 6 heteroatoms. The summed E-state index contributed by atoms with van der Waals surface area (Å²) < 4.78 is 5.29. The highest BCUT2D eigenvalue weighted by Gasteiger charge is 2.26. The average Bonchev–Trinajstić information content (AvgIpc) is 3.23. The molecule has 1 N–H and O–H groups in total. The highest BCUT2D eigenvalue weighted by atomic mass is 16.5. The number of rotatable bonds is 7. The smallest absolute Gasteiger partial charge is 0.193 e. The lowest BCUT2D eigenvalue weighted by molar-refractivity contribution is 0.140. The van der Waals surface area contributed by atoms with Crippen molar-refractivity contribution in [2.45, 2.75) is 26.2 Å². The van der Waals surface area contributed by atoms with Gasteiger partial charge in [-0.25, -0.2) is 0 Å². The van der Waals surface area contributed by atoms with Gasteiger partial charge in [0, 0.05) is 64.8 Å². The maximum absolute atomic E-state index is 5.29. The minimum absolute atomic E-state index is 0.563. The second kappa shape index (κ2) is 10.8. The number of aliphatic imine (C=N–C) groups is 1. The fourth-order valence-corrected chi connectivity index (χ4v) is 4.30. The first kappa shape index (κ1) is 21.9. The van der Waals surface area contributed by atoms with Crippen LogP contribution in [-0.4, -0.2) is 93.7 Å². The number of likely N-dealkylation sites (tertiary alicyclic amines) is 1. The third-order valence-corrected chi connectivity index (χ3v) is 6.13. The molecule has 0 aliphatic carbocycles. The lowest BCUT2D eigenvalue weighted by atomic mass is 9.98. The molecule has 29 heavy (non-hydrogen) atoms. The van der Waals surface area contributed by atoms with E-state index in [1.54, 1.807) is 7.11 Å². The van der Waals surface area contributed by atoms with Gasteiger partial charge in [0.05, 0.1) is 7.11 Å². The van der Waals surface area contributed by atoms with Crippen LogP contribution in [0.1, 0.15) is 31.7 Å². The van der Waals surface area contributed by atoms with Crippen molar-refractivity contribution in [2.24, 2.45) is 10.9 Å². The number of hydrogen-bond donors (Lipinski definition) is 1. The van der Waals surface area contributed by atoms with E-state index in [9.17, 15) is 0 Å². The second-order valence-corrected chi connectivity index (χ2v) is 8.61. The summed E-state index contributed by atoms with van der Waals surface area (Å²) in [6.45, 7) is 14.2. The van der Waals surface area contributed by atoms with Crippen molar-refractivity contribution in [3.05, 3.63) is 29.8 Å². The molecular formula is C23H39N5O. The van der Waals surface area contributed by atoms with Crippen LogP contribution < -0.4 is 10.1 Å². The lowest BCUT2D eigenvalue weighted by Gasteiger charge is -2.33. The van der Waals surface area contributed by atoms with Gasteiger partial charge in [0.15, 0.2) is 5.96 Å². The van der Waals surface area contributed by atoms with Crippen molar-refractivity contribution in [1.29, 1.82) is 0 Å². The van der Waals surface area contributed by atoms with E-state index in [2.05, 4.69) is 65.2 Å². The Morgan fingerprint density at radius 3 is 2.55 bits per heavy atom. The number of nitrogens with one attached hydrogen (secondary N) is 1. The van der Waals surface area contributed by atoms with E-state index >= 15 is 0 Å². The number of guanidine groups is 1. The van der Waals surface area contributed by atoms with Gasteiger partial charge < -0.3 is 24.8 Å². The SMILES string of the molecule is CCNC(=NCC(C)CN1CCN(C)CC1)N1CCC(c2ccc(OC)cc2)C1. The quantitative estimate of drug-likeness (QED) is 0.561. The first-order valence-corrected chi connectivity index (χ1v) is 11.2. The molecule has 0 aromatic heterocycles. The predicted octanol–water partition coefficient (Wildman–Crippen LogP) is 2.33. The Bertz CT molecular complexity index is 639. The summed E-state index contributed by atoms with van der Waals surface area (Å²) in [6, 6.07) is 8.54. The molecule has 3 rings (SSSR count). The van der Waals surface area contributed by atoms with E-state index in [4.69, 9.17) is 9.73 Å². The van der Waals surface area contributed by atoms with Crippen molar-refractivity contribution in [1.82, 2.24) is 20.0 Å². The van der Waals surface area contributed by atoms with Crippen LogP contribution in [-0.2, 0) is 0 Å². The van der Waals surface area contributed by atoms with E-state index in [0.29, 0.717) is 11.8 Å². The first-order chi connectivity index (χ1) is 14.1. The molecule has 0 bridgehead atoms. The Balaban J connectivity index is 1.53. The highest BCUT2D eigenvalue weighted by Crippen LogP contribution is 2.28. The standard InChI is InChI=1S/C23H39N5O/c1-5-24-23(25-16-19(2)17-27-14-12-26(3)13-15-27)28-11-10-21(18-28)20-6-8-22(29-4)9-7-20/h6-9,19,21H,5,10-18H2,1-4H3,(H,24,25). The maximum Gasteiger partial charge on any atom is 0.193 e. The van der Waals surface area contributed by atoms with E-state index in [1.165, 1.54) is 38.2 Å². The zero-order valence-electron chi connectivity index (χ0n) is 18.7. The van der Waals surface area contributed by atoms with Gasteiger partial charge in [0.1, 0.15) is 5.75 Å². The van der Waals surface area contributed by atoms with Gasteiger partial charge in [-0.05, 0) is 44.0 Å². The minimum Gasteiger partial charge on any atom is -0.497 e. The van der Waals surface area contributed by atoms with Crippen LogP contribution in [0.2, 0.25) is 0 Å². The molecule has 0 saturated carbocycles. The number of methoxy groups -OCH3 is 1. The van der Waals surface area contributed by atoms with Crippen LogP contribution in [0.4, 0.5) is 0 Å². The molecule has 2 saturated heterocycles. The minimum atomic E-state index is 0.563. The van der Waals surface area contributed by atoms with Crippen molar-refractivity contribution in [2.75, 3.05) is 73.1 Å². The molecule has 2 unspecified atom stereocenters. The Labute approximate surface area is 176 Å². The summed E-state index contributed by atoms with van der Waals surface area (Å²) in [5.74, 6) is 3.14. The van der Waals surface area contributed by atoms with Crippen molar-refractivity contribution >= 4 is 5.96 Å². The molecule has 2 aliphatic rings. The van der Waals surface area contributed by atoms with Crippen molar-refractivity contribution < 1.29 is 4.74 Å². The zero-order valence-corrected chi connectivity index (χ0v) is 18.7. The lowest BCUT2D eigenvalue weighted by Crippen LogP contribution is -2.46. The van der Waals surface area contributed by atoms with E-state index in [0.717, 1.165) is 44.4 Å². The predicted molar refractivity (Wildman–Crippen MR) is 121 cm³/mol. The largest absolute Gasteiger partial charge is 0.497 e. The second-order valence-electron chi connectivity index (χ2n) is 8.61. The summed E-state index contributed by atoms with van der Waals surface area (Å²) in [5, 5.41) is 3.52. The van der Waals surface area contributed by atoms with Gasteiger partial charge in [-0.1, -0.05) is 19.1 Å². The summed E-state index contributed by atoms with van der Waals surface area (Å²) in [6.07, 6.45) is 1.17. The Hall–Kier alpha value is -1.79. The Morgan fingerprint density at radius 1 is 1.17 bits per heavy atom. The summed E-state index contributed by atoms with van der Waals surface area (Å²) in [5.41, 5.74) is 1.40. The normalized spacial score (nSPS) is 22.7. The molecule has 1 aromatic carbocycles. The summed E-state index contributed by atoms with van der Waals surface area (Å²) in [7, 11) is 3.93. The van der Waals surface area contributed by atoms with Crippen LogP contribution >= 0.6 is 0 Å². The number of piperazine rings is 1. The van der Waals surface area contributed by atoms with Crippen LogP contribution in [0.25, 0.3) is 0 Å². The van der Waals surface area contributed by atoms with Gasteiger partial charge in [-0.2, -0.15) is 0 Å². The monoisotopic (exact) mass is 401 g/mol. The Kier molecular flexibility index (Phi) is 8.19. The van der Waals surface area contributed by atoms with Gasteiger partial charge in [0.25, 0.3) is 0 Å². The third-order valence-electron chi connectivity index (χ3n) is 6.13. The van der Waals surface area contributed by atoms with E-state index in [-0.39, 0.29) is 0 Å². The van der Waals surface area contributed by atoms with Crippen LogP contribution in [0.3, 0.4) is 0 Å². The van der Waals surface area contributed by atoms with Crippen LogP contribution in [0.5, 0.6) is 5.75 Å². The number of benzene rings is 1. The molecule has 0 spiro atoms. The average molecular weight is 402 g/mol. The molecule has 0 amide bonds. The van der Waals surface area contributed by atoms with Crippen LogP contribution in [0, 0.1) is 5.92 Å². The molecule has 2 aliphatic heterocycles. The van der Waals surface area contributed by atoms with Crippen molar-refractivity contribution in [3.63, 3.8) is 0 Å². The molecule has 2 atom stereocenters. The van der Waals surface area contributed by atoms with Crippen LogP contribution in [0.15, 0.2) is 29.3 Å².